The van der Waals surface area contributed by atoms with Gasteiger partial charge in [-0.25, -0.2) is 8.42 Å². The molecule has 4 rings (SSSR count). The summed E-state index contributed by atoms with van der Waals surface area (Å²) in [6.07, 6.45) is 3.07. The van der Waals surface area contributed by atoms with Gasteiger partial charge in [0.15, 0.2) is 0 Å². The third kappa shape index (κ3) is 3.87. The highest BCUT2D eigenvalue weighted by Gasteiger charge is 2.27. The van der Waals surface area contributed by atoms with Gasteiger partial charge in [-0.2, -0.15) is 0 Å². The summed E-state index contributed by atoms with van der Waals surface area (Å²) in [5, 5.41) is 0.925. The molecule has 152 valence electrons. The number of carbonyl (C=O) groups is 1. The van der Waals surface area contributed by atoms with Crippen molar-refractivity contribution < 1.29 is 17.9 Å². The van der Waals surface area contributed by atoms with Crippen molar-refractivity contribution in [3.8, 4) is 16.9 Å². The van der Waals surface area contributed by atoms with Gasteiger partial charge in [-0.15, -0.1) is 0 Å². The Balaban J connectivity index is 1.79. The van der Waals surface area contributed by atoms with Gasteiger partial charge < -0.3 is 15.5 Å². The molecule has 0 unspecified atom stereocenters. The number of sulfone groups is 1. The van der Waals surface area contributed by atoms with Crippen LogP contribution in [0.15, 0.2) is 42.6 Å². The van der Waals surface area contributed by atoms with Crippen molar-refractivity contribution in [3.63, 3.8) is 0 Å². The van der Waals surface area contributed by atoms with Gasteiger partial charge in [0.25, 0.3) is 5.91 Å². The van der Waals surface area contributed by atoms with Gasteiger partial charge in [-0.3, -0.25) is 4.79 Å². The molecule has 2 aromatic carbocycles. The number of carbonyl (C=O) groups excluding carboxylic acids is 1. The van der Waals surface area contributed by atoms with E-state index in [2.05, 4.69) is 4.98 Å². The number of primary amides is 1. The Bertz CT molecular complexity index is 1150. The molecule has 6 nitrogen and oxygen atoms in total. The van der Waals surface area contributed by atoms with E-state index in [9.17, 15) is 13.2 Å². The Morgan fingerprint density at radius 2 is 1.83 bits per heavy atom. The van der Waals surface area contributed by atoms with E-state index in [1.165, 1.54) is 0 Å². The second-order valence-electron chi connectivity index (χ2n) is 7.44. The first-order chi connectivity index (χ1) is 13.9. The van der Waals surface area contributed by atoms with Crippen LogP contribution >= 0.6 is 0 Å². The number of ether oxygens (including phenoxy) is 1. The maximum absolute atomic E-state index is 12.1. The molecule has 1 fully saturated rings. The molecule has 0 aliphatic carbocycles. The number of benzene rings is 2. The number of hydrogen-bond acceptors (Lipinski definition) is 4. The molecule has 0 atom stereocenters. The van der Waals surface area contributed by atoms with Crippen LogP contribution < -0.4 is 10.5 Å². The molecule has 7 heteroatoms. The van der Waals surface area contributed by atoms with Crippen molar-refractivity contribution in [2.24, 2.45) is 5.73 Å². The number of rotatable bonds is 5. The Hall–Kier alpha value is -2.80. The highest BCUT2D eigenvalue weighted by Crippen LogP contribution is 2.37. The van der Waals surface area contributed by atoms with Gasteiger partial charge in [0.2, 0.25) is 0 Å². The van der Waals surface area contributed by atoms with Crippen molar-refractivity contribution in [2.75, 3.05) is 18.1 Å². The molecule has 1 amide bonds. The Labute approximate surface area is 170 Å². The summed E-state index contributed by atoms with van der Waals surface area (Å²) in [6.45, 7) is 2.53. The summed E-state index contributed by atoms with van der Waals surface area (Å²) >= 11 is 0. The van der Waals surface area contributed by atoms with Crippen LogP contribution in [0, 0.1) is 0 Å². The van der Waals surface area contributed by atoms with Crippen LogP contribution in [0.4, 0.5) is 0 Å². The number of fused-ring (bicyclic) bond motifs is 1. The molecule has 1 aromatic heterocycles. The number of nitrogens with one attached hydrogen (secondary N) is 1. The molecule has 0 saturated carbocycles. The second-order valence-corrected chi connectivity index (χ2v) is 9.74. The predicted molar refractivity (Wildman–Crippen MR) is 114 cm³/mol. The summed E-state index contributed by atoms with van der Waals surface area (Å²) in [5.41, 5.74) is 9.68. The van der Waals surface area contributed by atoms with E-state index in [4.69, 9.17) is 10.5 Å². The molecule has 2 heterocycles. The molecule has 3 N–H and O–H groups in total. The smallest absolute Gasteiger partial charge is 0.250 e. The summed E-state index contributed by atoms with van der Waals surface area (Å²) in [7, 11) is -2.94. The topological polar surface area (TPSA) is 102 Å². The minimum Gasteiger partial charge on any atom is -0.494 e. The molecule has 0 spiro atoms. The maximum atomic E-state index is 12.1. The van der Waals surface area contributed by atoms with Crippen LogP contribution in [-0.4, -0.2) is 37.4 Å². The van der Waals surface area contributed by atoms with E-state index in [1.54, 1.807) is 6.07 Å². The molecule has 1 aliphatic heterocycles. The average molecular weight is 413 g/mol. The van der Waals surface area contributed by atoms with Crippen LogP contribution in [0.5, 0.6) is 5.75 Å². The first kappa shape index (κ1) is 19.5. The number of nitrogens with two attached hydrogens (primary N) is 1. The van der Waals surface area contributed by atoms with Gasteiger partial charge >= 0.3 is 0 Å². The van der Waals surface area contributed by atoms with E-state index in [1.807, 2.05) is 43.5 Å². The van der Waals surface area contributed by atoms with Crippen LogP contribution in [0.3, 0.4) is 0 Å². The normalized spacial score (nSPS) is 16.7. The van der Waals surface area contributed by atoms with Crippen LogP contribution in [-0.2, 0) is 9.84 Å². The van der Waals surface area contributed by atoms with E-state index < -0.39 is 15.7 Å². The minimum absolute atomic E-state index is 0.142. The molecule has 0 radical (unpaired) electrons. The predicted octanol–water partition coefficient (Wildman–Crippen LogP) is 3.62. The first-order valence-corrected chi connectivity index (χ1v) is 11.6. The Morgan fingerprint density at radius 1 is 1.14 bits per heavy atom. The second kappa shape index (κ2) is 7.55. The van der Waals surface area contributed by atoms with Crippen molar-refractivity contribution in [2.45, 2.75) is 25.7 Å². The van der Waals surface area contributed by atoms with E-state index in [0.717, 1.165) is 27.8 Å². The van der Waals surface area contributed by atoms with Gasteiger partial charge in [-0.1, -0.05) is 12.1 Å². The molecular formula is C22H24N2O4S. The number of H-pyrrole nitrogens is 1. The summed E-state index contributed by atoms with van der Waals surface area (Å²) in [6, 6.07) is 11.6. The number of hydrogen-bond donors (Lipinski definition) is 2. The summed E-state index contributed by atoms with van der Waals surface area (Å²) < 4.78 is 29.1. The van der Waals surface area contributed by atoms with Crippen molar-refractivity contribution in [3.05, 3.63) is 53.7 Å². The lowest BCUT2D eigenvalue weighted by Gasteiger charge is -2.21. The van der Waals surface area contributed by atoms with Crippen molar-refractivity contribution >= 4 is 26.6 Å². The number of aromatic amines is 1. The summed E-state index contributed by atoms with van der Waals surface area (Å²) in [5.74, 6) is 0.834. The third-order valence-electron chi connectivity index (χ3n) is 5.58. The Kier molecular flexibility index (Phi) is 5.08. The summed E-state index contributed by atoms with van der Waals surface area (Å²) in [4.78, 5) is 15.3. The monoisotopic (exact) mass is 412 g/mol. The van der Waals surface area contributed by atoms with Crippen molar-refractivity contribution in [1.29, 1.82) is 0 Å². The number of aromatic nitrogens is 1. The van der Waals surface area contributed by atoms with Gasteiger partial charge in [-0.05, 0) is 66.6 Å². The van der Waals surface area contributed by atoms with E-state index >= 15 is 0 Å². The molecule has 1 saturated heterocycles. The zero-order valence-corrected chi connectivity index (χ0v) is 17.1. The highest BCUT2D eigenvalue weighted by molar-refractivity contribution is 7.91. The lowest BCUT2D eigenvalue weighted by molar-refractivity contribution is 0.100. The highest BCUT2D eigenvalue weighted by atomic mass is 32.2. The zero-order chi connectivity index (χ0) is 20.6. The number of amides is 1. The fourth-order valence-electron chi connectivity index (χ4n) is 4.06. The van der Waals surface area contributed by atoms with Gasteiger partial charge in [0.05, 0.1) is 29.2 Å². The largest absolute Gasteiger partial charge is 0.494 e. The third-order valence-corrected chi connectivity index (χ3v) is 7.30. The zero-order valence-electron chi connectivity index (χ0n) is 16.3. The fraction of sp³-hybridized carbons (Fsp3) is 0.318. The lowest BCUT2D eigenvalue weighted by atomic mass is 9.91. The van der Waals surface area contributed by atoms with Crippen molar-refractivity contribution in [1.82, 2.24) is 4.98 Å². The molecular weight excluding hydrogens is 388 g/mol. The van der Waals surface area contributed by atoms with Crippen LogP contribution in [0.25, 0.3) is 22.0 Å². The van der Waals surface area contributed by atoms with Gasteiger partial charge in [0, 0.05) is 11.6 Å². The fourth-order valence-corrected chi connectivity index (χ4v) is 5.55. The standard InChI is InChI=1S/C22H24N2O4S/c1-2-28-17-5-3-14(4-6-17)16-11-18-20(15-7-9-29(26,27)10-8-15)13-24-21(18)19(12-16)22(23)25/h3-6,11-13,15,24H,2,7-10H2,1H3,(H2,23,25). The molecule has 1 aliphatic rings. The quantitative estimate of drug-likeness (QED) is 0.668. The minimum atomic E-state index is -2.94. The average Bonchev–Trinajstić information content (AvgIpc) is 3.12. The SMILES string of the molecule is CCOc1ccc(-c2cc(C(N)=O)c3[nH]cc(C4CCS(=O)(=O)CC4)c3c2)cc1. The van der Waals surface area contributed by atoms with E-state index in [-0.39, 0.29) is 17.4 Å². The van der Waals surface area contributed by atoms with E-state index in [0.29, 0.717) is 30.5 Å². The molecule has 0 bridgehead atoms. The van der Waals surface area contributed by atoms with Crippen LogP contribution in [0.1, 0.15) is 41.6 Å². The van der Waals surface area contributed by atoms with Gasteiger partial charge in [0.1, 0.15) is 15.6 Å². The first-order valence-electron chi connectivity index (χ1n) is 9.76. The Morgan fingerprint density at radius 3 is 2.45 bits per heavy atom. The van der Waals surface area contributed by atoms with Crippen LogP contribution in [0.2, 0.25) is 0 Å². The molecule has 3 aromatic rings. The maximum Gasteiger partial charge on any atom is 0.250 e. The molecule has 29 heavy (non-hydrogen) atoms. The lowest BCUT2D eigenvalue weighted by Crippen LogP contribution is -2.22.